The smallest absolute Gasteiger partial charge is 0.303 e. The molecule has 0 rings (SSSR count). The van der Waals surface area contributed by atoms with E-state index in [2.05, 4.69) is 4.72 Å². The molecule has 0 aliphatic heterocycles. The molecule has 0 bridgehead atoms. The summed E-state index contributed by atoms with van der Waals surface area (Å²) >= 11 is 0. The lowest BCUT2D eigenvalue weighted by atomic mass is 9.94. The molecule has 0 saturated heterocycles. The van der Waals surface area contributed by atoms with Crippen LogP contribution >= 0.6 is 0 Å². The Balaban J connectivity index is 3.62. The molecule has 0 heterocycles. The maximum atomic E-state index is 11.7. The molecule has 19 heavy (non-hydrogen) atoms. The van der Waals surface area contributed by atoms with Crippen molar-refractivity contribution < 1.29 is 18.3 Å². The summed E-state index contributed by atoms with van der Waals surface area (Å²) in [7, 11) is -3.17. The Bertz CT molecular complexity index is 357. The molecular formula is C13H27NO4S. The molecule has 0 saturated carbocycles. The summed E-state index contributed by atoms with van der Waals surface area (Å²) in [6.45, 7) is 6.50. The van der Waals surface area contributed by atoms with E-state index in [1.165, 1.54) is 0 Å². The second-order valence-electron chi connectivity index (χ2n) is 6.08. The number of aliphatic carboxylic acids is 1. The molecule has 2 N–H and O–H groups in total. The lowest BCUT2D eigenvalue weighted by molar-refractivity contribution is -0.137. The average Bonchev–Trinajstić information content (AvgIpc) is 2.24. The number of sulfonamides is 1. The van der Waals surface area contributed by atoms with E-state index in [0.29, 0.717) is 19.4 Å². The summed E-state index contributed by atoms with van der Waals surface area (Å²) in [4.78, 5) is 10.3. The molecule has 0 atom stereocenters. The van der Waals surface area contributed by atoms with E-state index in [1.54, 1.807) is 0 Å². The Morgan fingerprint density at radius 1 is 1.11 bits per heavy atom. The van der Waals surface area contributed by atoms with Gasteiger partial charge in [-0.3, -0.25) is 4.79 Å². The Labute approximate surface area is 116 Å². The third kappa shape index (κ3) is 13.6. The predicted octanol–water partition coefficient (Wildman–Crippen LogP) is 2.38. The van der Waals surface area contributed by atoms with Crippen molar-refractivity contribution in [2.24, 2.45) is 5.41 Å². The molecule has 0 spiro atoms. The molecule has 0 aromatic carbocycles. The molecular weight excluding hydrogens is 266 g/mol. The number of carboxylic acid groups (broad SMARTS) is 1. The van der Waals surface area contributed by atoms with Gasteiger partial charge in [0.25, 0.3) is 0 Å². The third-order valence-corrected chi connectivity index (χ3v) is 4.15. The maximum Gasteiger partial charge on any atom is 0.303 e. The molecule has 114 valence electrons. The van der Waals surface area contributed by atoms with Crippen molar-refractivity contribution in [3.05, 3.63) is 0 Å². The zero-order valence-electron chi connectivity index (χ0n) is 12.2. The van der Waals surface area contributed by atoms with Gasteiger partial charge in [0.15, 0.2) is 0 Å². The van der Waals surface area contributed by atoms with Gasteiger partial charge in [0.05, 0.1) is 5.75 Å². The SMILES string of the molecule is CC(C)(C)CCS(=O)(=O)NCCCCCCC(=O)O. The minimum absolute atomic E-state index is 0.0194. The number of rotatable bonds is 10. The van der Waals surface area contributed by atoms with Crippen LogP contribution in [-0.4, -0.2) is 31.8 Å². The van der Waals surface area contributed by atoms with E-state index in [-0.39, 0.29) is 17.6 Å². The van der Waals surface area contributed by atoms with E-state index >= 15 is 0 Å². The molecule has 0 fully saturated rings. The summed E-state index contributed by atoms with van der Waals surface area (Å²) in [5.41, 5.74) is 0.0194. The summed E-state index contributed by atoms with van der Waals surface area (Å²) in [6.07, 6.45) is 3.93. The Kier molecular flexibility index (Phi) is 8.25. The predicted molar refractivity (Wildman–Crippen MR) is 76.6 cm³/mol. The lowest BCUT2D eigenvalue weighted by Gasteiger charge is -2.17. The summed E-state index contributed by atoms with van der Waals surface area (Å²) in [6, 6.07) is 0. The van der Waals surface area contributed by atoms with Crippen molar-refractivity contribution in [3.63, 3.8) is 0 Å². The standard InChI is InChI=1S/C13H27NO4S/c1-13(2,3)9-11-19(17,18)14-10-7-5-4-6-8-12(15)16/h14H,4-11H2,1-3H3,(H,15,16). The first-order chi connectivity index (χ1) is 8.62. The zero-order valence-corrected chi connectivity index (χ0v) is 13.1. The lowest BCUT2D eigenvalue weighted by Crippen LogP contribution is -2.29. The minimum atomic E-state index is -3.17. The summed E-state index contributed by atoms with van der Waals surface area (Å²) in [5, 5.41) is 8.46. The Morgan fingerprint density at radius 3 is 2.21 bits per heavy atom. The fraction of sp³-hybridized carbons (Fsp3) is 0.923. The number of carboxylic acids is 1. The minimum Gasteiger partial charge on any atom is -0.481 e. The second-order valence-corrected chi connectivity index (χ2v) is 8.01. The fourth-order valence-electron chi connectivity index (χ4n) is 1.50. The van der Waals surface area contributed by atoms with Crippen LogP contribution in [0.25, 0.3) is 0 Å². The number of hydrogen-bond acceptors (Lipinski definition) is 3. The van der Waals surface area contributed by atoms with Crippen LogP contribution in [0.2, 0.25) is 0 Å². The number of unbranched alkanes of at least 4 members (excludes halogenated alkanes) is 3. The molecule has 5 nitrogen and oxygen atoms in total. The largest absolute Gasteiger partial charge is 0.481 e. The highest BCUT2D eigenvalue weighted by Gasteiger charge is 2.16. The highest BCUT2D eigenvalue weighted by molar-refractivity contribution is 7.89. The Hall–Kier alpha value is -0.620. The fourth-order valence-corrected chi connectivity index (χ4v) is 2.98. The van der Waals surface area contributed by atoms with Gasteiger partial charge >= 0.3 is 5.97 Å². The van der Waals surface area contributed by atoms with Crippen LogP contribution in [0.15, 0.2) is 0 Å². The molecule has 0 amide bonds. The van der Waals surface area contributed by atoms with E-state index in [4.69, 9.17) is 5.11 Å². The quantitative estimate of drug-likeness (QED) is 0.606. The maximum absolute atomic E-state index is 11.7. The van der Waals surface area contributed by atoms with Gasteiger partial charge in [-0.2, -0.15) is 0 Å². The van der Waals surface area contributed by atoms with Crippen molar-refractivity contribution in [2.45, 2.75) is 59.3 Å². The third-order valence-electron chi connectivity index (χ3n) is 2.76. The highest BCUT2D eigenvalue weighted by atomic mass is 32.2. The van der Waals surface area contributed by atoms with Gasteiger partial charge in [-0.1, -0.05) is 33.6 Å². The van der Waals surface area contributed by atoms with Crippen molar-refractivity contribution in [1.82, 2.24) is 4.72 Å². The van der Waals surface area contributed by atoms with E-state index in [0.717, 1.165) is 19.3 Å². The molecule has 0 aliphatic carbocycles. The number of hydrogen-bond donors (Lipinski definition) is 2. The zero-order chi connectivity index (χ0) is 14.9. The van der Waals surface area contributed by atoms with Crippen LogP contribution in [0, 0.1) is 5.41 Å². The topological polar surface area (TPSA) is 83.5 Å². The van der Waals surface area contributed by atoms with Crippen molar-refractivity contribution in [3.8, 4) is 0 Å². The first-order valence-electron chi connectivity index (χ1n) is 6.81. The second kappa shape index (κ2) is 8.53. The van der Waals surface area contributed by atoms with Gasteiger partial charge < -0.3 is 5.11 Å². The molecule has 6 heteroatoms. The van der Waals surface area contributed by atoms with Crippen LogP contribution in [0.5, 0.6) is 0 Å². The monoisotopic (exact) mass is 293 g/mol. The van der Waals surface area contributed by atoms with Crippen LogP contribution in [0.3, 0.4) is 0 Å². The first kappa shape index (κ1) is 18.4. The summed E-state index contributed by atoms with van der Waals surface area (Å²) < 4.78 is 25.9. The van der Waals surface area contributed by atoms with Gasteiger partial charge in [0, 0.05) is 13.0 Å². The van der Waals surface area contributed by atoms with Gasteiger partial charge in [0.2, 0.25) is 10.0 Å². The highest BCUT2D eigenvalue weighted by Crippen LogP contribution is 2.18. The van der Waals surface area contributed by atoms with E-state index < -0.39 is 16.0 Å². The Morgan fingerprint density at radius 2 is 1.68 bits per heavy atom. The van der Waals surface area contributed by atoms with Gasteiger partial charge in [0.1, 0.15) is 0 Å². The molecule has 0 aromatic rings. The van der Waals surface area contributed by atoms with E-state index in [1.807, 2.05) is 20.8 Å². The summed E-state index contributed by atoms with van der Waals surface area (Å²) in [5.74, 6) is -0.613. The van der Waals surface area contributed by atoms with Crippen LogP contribution in [-0.2, 0) is 14.8 Å². The van der Waals surface area contributed by atoms with Crippen molar-refractivity contribution in [1.29, 1.82) is 0 Å². The van der Waals surface area contributed by atoms with Crippen LogP contribution in [0.4, 0.5) is 0 Å². The van der Waals surface area contributed by atoms with Crippen LogP contribution < -0.4 is 4.72 Å². The normalized spacial score (nSPS) is 12.6. The molecule has 0 unspecified atom stereocenters. The number of nitrogens with one attached hydrogen (secondary N) is 1. The van der Waals surface area contributed by atoms with E-state index in [9.17, 15) is 13.2 Å². The average molecular weight is 293 g/mol. The molecule has 0 aromatic heterocycles. The van der Waals surface area contributed by atoms with Gasteiger partial charge in [-0.15, -0.1) is 0 Å². The molecule has 0 radical (unpaired) electrons. The molecule has 0 aliphatic rings. The van der Waals surface area contributed by atoms with Gasteiger partial charge in [-0.05, 0) is 24.7 Å². The van der Waals surface area contributed by atoms with Gasteiger partial charge in [-0.25, -0.2) is 13.1 Å². The first-order valence-corrected chi connectivity index (χ1v) is 8.47. The van der Waals surface area contributed by atoms with Crippen molar-refractivity contribution >= 4 is 16.0 Å². The number of carbonyl (C=O) groups is 1. The van der Waals surface area contributed by atoms with Crippen LogP contribution in [0.1, 0.15) is 59.3 Å². The van der Waals surface area contributed by atoms with Crippen molar-refractivity contribution in [2.75, 3.05) is 12.3 Å².